The smallest absolute Gasteiger partial charge is 0.329 e. The van der Waals surface area contributed by atoms with Crippen LogP contribution in [0.5, 0.6) is 5.75 Å². The topological polar surface area (TPSA) is 75.6 Å². The Hall–Kier alpha value is -1.75. The number of rotatable bonds is 6. The molecule has 0 fully saturated rings. The van der Waals surface area contributed by atoms with E-state index in [1.165, 1.54) is 26.2 Å². The molecule has 1 aromatic carbocycles. The standard InChI is InChI=1S/C14H18ClNO4/c1-4-7-14(2,13(18)19)16-12(17)10-6-5-9(15)8-11(10)20-3/h5-6,8H,4,7H2,1-3H3,(H,16,17)(H,18,19). The van der Waals surface area contributed by atoms with Crippen LogP contribution < -0.4 is 10.1 Å². The Bertz CT molecular complexity index is 518. The molecule has 5 nitrogen and oxygen atoms in total. The van der Waals surface area contributed by atoms with Gasteiger partial charge in [0.25, 0.3) is 5.91 Å². The molecule has 1 rings (SSSR count). The second kappa shape index (κ2) is 6.61. The summed E-state index contributed by atoms with van der Waals surface area (Å²) < 4.78 is 5.09. The van der Waals surface area contributed by atoms with E-state index in [-0.39, 0.29) is 5.56 Å². The van der Waals surface area contributed by atoms with Crippen LogP contribution in [0.2, 0.25) is 5.02 Å². The third kappa shape index (κ3) is 3.63. The van der Waals surface area contributed by atoms with Crippen LogP contribution in [0.25, 0.3) is 0 Å². The van der Waals surface area contributed by atoms with E-state index >= 15 is 0 Å². The first kappa shape index (κ1) is 16.3. The molecule has 0 aliphatic carbocycles. The highest BCUT2D eigenvalue weighted by molar-refractivity contribution is 6.30. The van der Waals surface area contributed by atoms with E-state index in [9.17, 15) is 14.7 Å². The van der Waals surface area contributed by atoms with Gasteiger partial charge in [-0.15, -0.1) is 0 Å². The Labute approximate surface area is 122 Å². The normalized spacial score (nSPS) is 13.4. The molecule has 1 unspecified atom stereocenters. The summed E-state index contributed by atoms with van der Waals surface area (Å²) in [6, 6.07) is 4.57. The van der Waals surface area contributed by atoms with Crippen LogP contribution in [-0.4, -0.2) is 29.6 Å². The van der Waals surface area contributed by atoms with Gasteiger partial charge in [0.1, 0.15) is 11.3 Å². The van der Waals surface area contributed by atoms with Crippen molar-refractivity contribution in [2.24, 2.45) is 0 Å². The zero-order chi connectivity index (χ0) is 15.3. The van der Waals surface area contributed by atoms with E-state index in [0.29, 0.717) is 23.6 Å². The molecule has 6 heteroatoms. The number of carboxylic acid groups (broad SMARTS) is 1. The van der Waals surface area contributed by atoms with Gasteiger partial charge >= 0.3 is 5.97 Å². The van der Waals surface area contributed by atoms with Crippen molar-refractivity contribution in [2.45, 2.75) is 32.2 Å². The molecule has 1 amide bonds. The summed E-state index contributed by atoms with van der Waals surface area (Å²) in [5.41, 5.74) is -1.06. The van der Waals surface area contributed by atoms with Crippen molar-refractivity contribution in [3.8, 4) is 5.75 Å². The molecule has 20 heavy (non-hydrogen) atoms. The van der Waals surface area contributed by atoms with Crippen LogP contribution in [0.15, 0.2) is 18.2 Å². The van der Waals surface area contributed by atoms with Crippen molar-refractivity contribution < 1.29 is 19.4 Å². The van der Waals surface area contributed by atoms with Gasteiger partial charge in [-0.05, 0) is 31.5 Å². The Balaban J connectivity index is 3.04. The van der Waals surface area contributed by atoms with Crippen molar-refractivity contribution in [3.05, 3.63) is 28.8 Å². The van der Waals surface area contributed by atoms with Gasteiger partial charge in [-0.2, -0.15) is 0 Å². The number of carbonyl (C=O) groups is 2. The third-order valence-corrected chi connectivity index (χ3v) is 3.25. The summed E-state index contributed by atoms with van der Waals surface area (Å²) in [6.45, 7) is 3.34. The molecule has 110 valence electrons. The molecule has 1 aromatic rings. The molecule has 0 aliphatic heterocycles. The molecule has 0 aliphatic rings. The summed E-state index contributed by atoms with van der Waals surface area (Å²) in [7, 11) is 1.42. The maximum Gasteiger partial charge on any atom is 0.329 e. The van der Waals surface area contributed by atoms with E-state index in [1.807, 2.05) is 6.92 Å². The number of halogens is 1. The van der Waals surface area contributed by atoms with Crippen LogP contribution in [-0.2, 0) is 4.79 Å². The number of benzene rings is 1. The fourth-order valence-electron chi connectivity index (χ4n) is 1.89. The van der Waals surface area contributed by atoms with E-state index in [0.717, 1.165) is 0 Å². The number of carboxylic acids is 1. The number of methoxy groups -OCH3 is 1. The molecular formula is C14H18ClNO4. The molecule has 0 bridgehead atoms. The number of carbonyl (C=O) groups excluding carboxylic acids is 1. The minimum atomic E-state index is -1.31. The van der Waals surface area contributed by atoms with Gasteiger partial charge in [0.15, 0.2) is 0 Å². The Morgan fingerprint density at radius 1 is 1.45 bits per heavy atom. The van der Waals surface area contributed by atoms with E-state index in [2.05, 4.69) is 5.32 Å². The van der Waals surface area contributed by atoms with Crippen molar-refractivity contribution in [1.29, 1.82) is 0 Å². The van der Waals surface area contributed by atoms with Gasteiger partial charge < -0.3 is 15.2 Å². The van der Waals surface area contributed by atoms with Crippen LogP contribution >= 0.6 is 11.6 Å². The van der Waals surface area contributed by atoms with E-state index in [4.69, 9.17) is 16.3 Å². The van der Waals surface area contributed by atoms with Gasteiger partial charge in [0.2, 0.25) is 0 Å². The average Bonchev–Trinajstić information content (AvgIpc) is 2.38. The van der Waals surface area contributed by atoms with Crippen molar-refractivity contribution in [3.63, 3.8) is 0 Å². The number of hydrogen-bond donors (Lipinski definition) is 2. The lowest BCUT2D eigenvalue weighted by Gasteiger charge is -2.26. The molecule has 0 saturated carbocycles. The zero-order valence-corrected chi connectivity index (χ0v) is 12.5. The lowest BCUT2D eigenvalue weighted by atomic mass is 9.95. The summed E-state index contributed by atoms with van der Waals surface area (Å²) in [4.78, 5) is 23.6. The van der Waals surface area contributed by atoms with Gasteiger partial charge in [0.05, 0.1) is 12.7 Å². The second-order valence-corrected chi connectivity index (χ2v) is 5.12. The molecule has 0 heterocycles. The molecule has 0 saturated heterocycles. The summed E-state index contributed by atoms with van der Waals surface area (Å²) in [5, 5.41) is 12.2. The Kier molecular flexibility index (Phi) is 5.39. The minimum absolute atomic E-state index is 0.250. The first-order valence-corrected chi connectivity index (χ1v) is 6.61. The maximum absolute atomic E-state index is 12.2. The molecule has 2 N–H and O–H groups in total. The average molecular weight is 300 g/mol. The summed E-state index contributed by atoms with van der Waals surface area (Å²) in [5.74, 6) is -1.27. The zero-order valence-electron chi connectivity index (χ0n) is 11.7. The highest BCUT2D eigenvalue weighted by Crippen LogP contribution is 2.24. The van der Waals surface area contributed by atoms with E-state index in [1.54, 1.807) is 6.07 Å². The first-order chi connectivity index (χ1) is 9.34. The molecule has 1 atom stereocenters. The van der Waals surface area contributed by atoms with Crippen LogP contribution in [0.4, 0.5) is 0 Å². The molecular weight excluding hydrogens is 282 g/mol. The number of amides is 1. The number of ether oxygens (including phenoxy) is 1. The van der Waals surface area contributed by atoms with Crippen LogP contribution in [0, 0.1) is 0 Å². The monoisotopic (exact) mass is 299 g/mol. The third-order valence-electron chi connectivity index (χ3n) is 3.02. The predicted octanol–water partition coefficient (Wildman–Crippen LogP) is 2.72. The SMILES string of the molecule is CCCC(C)(NC(=O)c1ccc(Cl)cc1OC)C(=O)O. The largest absolute Gasteiger partial charge is 0.496 e. The molecule has 0 spiro atoms. The molecule has 0 aromatic heterocycles. The highest BCUT2D eigenvalue weighted by Gasteiger charge is 2.34. The fraction of sp³-hybridized carbons (Fsp3) is 0.429. The Morgan fingerprint density at radius 2 is 2.10 bits per heavy atom. The number of nitrogens with one attached hydrogen (secondary N) is 1. The predicted molar refractivity (Wildman–Crippen MR) is 76.4 cm³/mol. The lowest BCUT2D eigenvalue weighted by Crippen LogP contribution is -2.52. The Morgan fingerprint density at radius 3 is 2.60 bits per heavy atom. The van der Waals surface area contributed by atoms with Crippen molar-refractivity contribution in [1.82, 2.24) is 5.32 Å². The maximum atomic E-state index is 12.2. The van der Waals surface area contributed by atoms with Gasteiger partial charge in [-0.3, -0.25) is 4.79 Å². The fourth-order valence-corrected chi connectivity index (χ4v) is 2.06. The van der Waals surface area contributed by atoms with E-state index < -0.39 is 17.4 Å². The van der Waals surface area contributed by atoms with Crippen molar-refractivity contribution >= 4 is 23.5 Å². The quantitative estimate of drug-likeness (QED) is 0.847. The number of hydrogen-bond acceptors (Lipinski definition) is 3. The van der Waals surface area contributed by atoms with Crippen LogP contribution in [0.3, 0.4) is 0 Å². The molecule has 0 radical (unpaired) electrons. The lowest BCUT2D eigenvalue weighted by molar-refractivity contribution is -0.144. The second-order valence-electron chi connectivity index (χ2n) is 4.69. The van der Waals surface area contributed by atoms with Crippen LogP contribution in [0.1, 0.15) is 37.0 Å². The first-order valence-electron chi connectivity index (χ1n) is 6.23. The summed E-state index contributed by atoms with van der Waals surface area (Å²) >= 11 is 5.83. The van der Waals surface area contributed by atoms with Gasteiger partial charge in [-0.25, -0.2) is 4.79 Å². The number of aliphatic carboxylic acids is 1. The van der Waals surface area contributed by atoms with Gasteiger partial charge in [0, 0.05) is 5.02 Å². The van der Waals surface area contributed by atoms with Crippen molar-refractivity contribution in [2.75, 3.05) is 7.11 Å². The highest BCUT2D eigenvalue weighted by atomic mass is 35.5. The minimum Gasteiger partial charge on any atom is -0.496 e. The summed E-state index contributed by atoms with van der Waals surface area (Å²) in [6.07, 6.45) is 0.977. The van der Waals surface area contributed by atoms with Gasteiger partial charge in [-0.1, -0.05) is 24.9 Å².